The van der Waals surface area contributed by atoms with E-state index in [2.05, 4.69) is 36.8 Å². The van der Waals surface area contributed by atoms with Crippen molar-refractivity contribution < 1.29 is 9.53 Å². The van der Waals surface area contributed by atoms with Crippen LogP contribution in [-0.2, 0) is 4.79 Å². The van der Waals surface area contributed by atoms with Gasteiger partial charge < -0.3 is 9.64 Å². The quantitative estimate of drug-likeness (QED) is 0.785. The van der Waals surface area contributed by atoms with Crippen LogP contribution in [-0.4, -0.2) is 36.0 Å². The van der Waals surface area contributed by atoms with Crippen LogP contribution in [0.1, 0.15) is 6.92 Å². The third kappa shape index (κ3) is 3.45. The Balaban J connectivity index is 2.77. The van der Waals surface area contributed by atoms with E-state index in [-0.39, 0.29) is 5.91 Å². The minimum Gasteiger partial charge on any atom is -0.478 e. The van der Waals surface area contributed by atoms with E-state index in [1.54, 1.807) is 33.2 Å². The Morgan fingerprint density at radius 1 is 1.44 bits per heavy atom. The van der Waals surface area contributed by atoms with Crippen LogP contribution in [0.15, 0.2) is 21.3 Å². The summed E-state index contributed by atoms with van der Waals surface area (Å²) in [5, 5.41) is 0. The lowest BCUT2D eigenvalue weighted by Crippen LogP contribution is -2.35. The summed E-state index contributed by atoms with van der Waals surface area (Å²) < 4.78 is 6.78. The molecular formula is C10H12Br2N2O2. The van der Waals surface area contributed by atoms with Gasteiger partial charge in [-0.25, -0.2) is 4.98 Å². The number of hydrogen-bond donors (Lipinski definition) is 0. The zero-order valence-corrected chi connectivity index (χ0v) is 12.4. The number of carbonyl (C=O) groups excluding carboxylic acids is 1. The molecule has 0 fully saturated rings. The van der Waals surface area contributed by atoms with E-state index in [0.29, 0.717) is 15.0 Å². The van der Waals surface area contributed by atoms with Gasteiger partial charge in [-0.15, -0.1) is 0 Å². The zero-order valence-electron chi connectivity index (χ0n) is 9.20. The van der Waals surface area contributed by atoms with Gasteiger partial charge in [-0.05, 0) is 50.9 Å². The van der Waals surface area contributed by atoms with Crippen LogP contribution >= 0.6 is 31.9 Å². The minimum atomic E-state index is -0.533. The van der Waals surface area contributed by atoms with Crippen LogP contribution in [0.5, 0.6) is 5.75 Å². The number of aromatic nitrogens is 1. The largest absolute Gasteiger partial charge is 0.478 e. The lowest BCUT2D eigenvalue weighted by atomic mass is 10.3. The second kappa shape index (κ2) is 5.63. The average molecular weight is 352 g/mol. The first-order valence-corrected chi connectivity index (χ1v) is 6.20. The molecule has 0 saturated heterocycles. The highest BCUT2D eigenvalue weighted by Gasteiger charge is 2.17. The van der Waals surface area contributed by atoms with Crippen molar-refractivity contribution in [2.75, 3.05) is 14.1 Å². The Bertz CT molecular complexity index is 396. The SMILES string of the molecule is CC(Oc1ccc(Br)nc1Br)C(=O)N(C)C. The molecule has 0 aromatic carbocycles. The topological polar surface area (TPSA) is 42.4 Å². The van der Waals surface area contributed by atoms with Crippen molar-refractivity contribution >= 4 is 37.8 Å². The number of carbonyl (C=O) groups is 1. The summed E-state index contributed by atoms with van der Waals surface area (Å²) in [5.41, 5.74) is 0. The average Bonchev–Trinajstić information content (AvgIpc) is 2.20. The van der Waals surface area contributed by atoms with Crippen LogP contribution in [0.3, 0.4) is 0 Å². The first-order chi connectivity index (χ1) is 7.41. The molecule has 0 aliphatic carbocycles. The van der Waals surface area contributed by atoms with Crippen molar-refractivity contribution in [3.63, 3.8) is 0 Å². The third-order valence-electron chi connectivity index (χ3n) is 1.87. The molecule has 0 N–H and O–H groups in total. The van der Waals surface area contributed by atoms with E-state index in [4.69, 9.17) is 4.74 Å². The summed E-state index contributed by atoms with van der Waals surface area (Å²) in [4.78, 5) is 17.2. The van der Waals surface area contributed by atoms with Gasteiger partial charge in [0, 0.05) is 14.1 Å². The Morgan fingerprint density at radius 2 is 2.06 bits per heavy atom. The van der Waals surface area contributed by atoms with Crippen molar-refractivity contribution in [3.05, 3.63) is 21.3 Å². The van der Waals surface area contributed by atoms with Crippen molar-refractivity contribution in [1.29, 1.82) is 0 Å². The molecule has 16 heavy (non-hydrogen) atoms. The maximum atomic E-state index is 11.6. The molecule has 0 aliphatic rings. The number of nitrogens with zero attached hydrogens (tertiary/aromatic N) is 2. The fourth-order valence-electron chi connectivity index (χ4n) is 1.09. The minimum absolute atomic E-state index is 0.0881. The third-order valence-corrected chi connectivity index (χ3v) is 2.88. The highest BCUT2D eigenvalue weighted by Crippen LogP contribution is 2.25. The van der Waals surface area contributed by atoms with Gasteiger partial charge in [-0.2, -0.15) is 0 Å². The van der Waals surface area contributed by atoms with E-state index >= 15 is 0 Å². The Kier molecular flexibility index (Phi) is 4.73. The van der Waals surface area contributed by atoms with Gasteiger partial charge in [0.05, 0.1) is 0 Å². The summed E-state index contributed by atoms with van der Waals surface area (Å²) in [7, 11) is 3.38. The highest BCUT2D eigenvalue weighted by atomic mass is 79.9. The summed E-state index contributed by atoms with van der Waals surface area (Å²) in [6.45, 7) is 1.71. The number of hydrogen-bond acceptors (Lipinski definition) is 3. The molecule has 1 rings (SSSR count). The van der Waals surface area contributed by atoms with Crippen LogP contribution in [0.25, 0.3) is 0 Å². The first-order valence-electron chi connectivity index (χ1n) is 4.61. The van der Waals surface area contributed by atoms with Crippen LogP contribution in [0.4, 0.5) is 0 Å². The predicted octanol–water partition coefficient (Wildman–Crippen LogP) is 2.46. The molecule has 1 atom stereocenters. The van der Waals surface area contributed by atoms with E-state index in [1.165, 1.54) is 4.90 Å². The predicted molar refractivity (Wildman–Crippen MR) is 68.4 cm³/mol. The summed E-state index contributed by atoms with van der Waals surface area (Å²) in [6.07, 6.45) is -0.533. The molecule has 1 heterocycles. The number of pyridine rings is 1. The van der Waals surface area contributed by atoms with Gasteiger partial charge in [-0.1, -0.05) is 0 Å². The first kappa shape index (κ1) is 13.4. The van der Waals surface area contributed by atoms with E-state index < -0.39 is 6.10 Å². The highest BCUT2D eigenvalue weighted by molar-refractivity contribution is 9.11. The van der Waals surface area contributed by atoms with E-state index in [1.807, 2.05) is 0 Å². The molecule has 1 unspecified atom stereocenters. The molecular weight excluding hydrogens is 340 g/mol. The molecule has 0 aliphatic heterocycles. The summed E-state index contributed by atoms with van der Waals surface area (Å²) in [5.74, 6) is 0.459. The zero-order chi connectivity index (χ0) is 12.3. The van der Waals surface area contributed by atoms with Gasteiger partial charge in [0.2, 0.25) is 0 Å². The fraction of sp³-hybridized carbons (Fsp3) is 0.400. The summed E-state index contributed by atoms with van der Waals surface area (Å²) >= 11 is 6.51. The molecule has 0 bridgehead atoms. The normalized spacial score (nSPS) is 12.1. The molecule has 1 amide bonds. The van der Waals surface area contributed by atoms with Crippen molar-refractivity contribution in [2.45, 2.75) is 13.0 Å². The standard InChI is InChI=1S/C10H12Br2N2O2/c1-6(10(15)14(2)3)16-7-4-5-8(11)13-9(7)12/h4-6H,1-3H3. The number of amides is 1. The molecule has 1 aromatic heterocycles. The van der Waals surface area contributed by atoms with Gasteiger partial charge in [0.1, 0.15) is 9.21 Å². The Morgan fingerprint density at radius 3 is 2.56 bits per heavy atom. The van der Waals surface area contributed by atoms with Gasteiger partial charge >= 0.3 is 0 Å². The number of ether oxygens (including phenoxy) is 1. The van der Waals surface area contributed by atoms with Crippen molar-refractivity contribution in [3.8, 4) is 5.75 Å². The van der Waals surface area contributed by atoms with Gasteiger partial charge in [0.15, 0.2) is 11.9 Å². The molecule has 4 nitrogen and oxygen atoms in total. The lowest BCUT2D eigenvalue weighted by molar-refractivity contribution is -0.135. The summed E-state index contributed by atoms with van der Waals surface area (Å²) in [6, 6.07) is 3.51. The van der Waals surface area contributed by atoms with Crippen LogP contribution < -0.4 is 4.74 Å². The molecule has 1 aromatic rings. The van der Waals surface area contributed by atoms with Gasteiger partial charge in [-0.3, -0.25) is 4.79 Å². The Hall–Kier alpha value is -0.620. The maximum absolute atomic E-state index is 11.6. The smallest absolute Gasteiger partial charge is 0.262 e. The van der Waals surface area contributed by atoms with Crippen molar-refractivity contribution in [1.82, 2.24) is 9.88 Å². The molecule has 0 spiro atoms. The molecule has 88 valence electrons. The van der Waals surface area contributed by atoms with Crippen LogP contribution in [0, 0.1) is 0 Å². The monoisotopic (exact) mass is 350 g/mol. The Labute approximate surface area is 111 Å². The van der Waals surface area contributed by atoms with Gasteiger partial charge in [0.25, 0.3) is 5.91 Å². The fourth-order valence-corrected chi connectivity index (χ4v) is 2.06. The lowest BCUT2D eigenvalue weighted by Gasteiger charge is -2.18. The van der Waals surface area contributed by atoms with Crippen LogP contribution in [0.2, 0.25) is 0 Å². The molecule has 0 radical (unpaired) electrons. The van der Waals surface area contributed by atoms with Crippen molar-refractivity contribution in [2.24, 2.45) is 0 Å². The second-order valence-corrected chi connectivity index (χ2v) is 4.98. The number of likely N-dealkylation sites (N-methyl/N-ethyl adjacent to an activating group) is 1. The molecule has 6 heteroatoms. The maximum Gasteiger partial charge on any atom is 0.262 e. The number of halogens is 2. The number of rotatable bonds is 3. The van der Waals surface area contributed by atoms with E-state index in [9.17, 15) is 4.79 Å². The van der Waals surface area contributed by atoms with E-state index in [0.717, 1.165) is 0 Å². The second-order valence-electron chi connectivity index (χ2n) is 3.42. The molecule has 0 saturated carbocycles.